The van der Waals surface area contributed by atoms with E-state index in [1.807, 2.05) is 7.11 Å². The molecule has 1 aromatic rings. The van der Waals surface area contributed by atoms with Gasteiger partial charge in [0.05, 0.1) is 5.60 Å². The van der Waals surface area contributed by atoms with Crippen molar-refractivity contribution in [3.05, 3.63) is 35.4 Å². The fraction of sp³-hybridized carbons (Fsp3) is 0.667. The second kappa shape index (κ2) is 7.24. The van der Waals surface area contributed by atoms with Crippen LogP contribution in [0.1, 0.15) is 63.1 Å². The Kier molecular flexibility index (Phi) is 5.62. The highest BCUT2D eigenvalue weighted by Crippen LogP contribution is 2.41. The number of benzene rings is 1. The van der Waals surface area contributed by atoms with Crippen molar-refractivity contribution in [2.24, 2.45) is 0 Å². The molecule has 0 radical (unpaired) electrons. The van der Waals surface area contributed by atoms with Crippen LogP contribution < -0.4 is 5.32 Å². The van der Waals surface area contributed by atoms with Crippen LogP contribution in [0.15, 0.2) is 24.3 Å². The van der Waals surface area contributed by atoms with Crippen LogP contribution in [0.4, 0.5) is 0 Å². The van der Waals surface area contributed by atoms with E-state index in [4.69, 9.17) is 4.74 Å². The van der Waals surface area contributed by atoms with Crippen molar-refractivity contribution >= 4 is 0 Å². The minimum absolute atomic E-state index is 0.119. The fourth-order valence-electron chi connectivity index (χ4n) is 3.09. The lowest BCUT2D eigenvalue weighted by Gasteiger charge is -2.43. The summed E-state index contributed by atoms with van der Waals surface area (Å²) >= 11 is 0. The Morgan fingerprint density at radius 1 is 1.30 bits per heavy atom. The Morgan fingerprint density at radius 3 is 2.65 bits per heavy atom. The van der Waals surface area contributed by atoms with Crippen molar-refractivity contribution in [2.45, 2.75) is 64.0 Å². The third-order valence-corrected chi connectivity index (χ3v) is 4.68. The summed E-state index contributed by atoms with van der Waals surface area (Å²) in [5.74, 6) is 0. The van der Waals surface area contributed by atoms with Crippen LogP contribution in [-0.4, -0.2) is 19.3 Å². The van der Waals surface area contributed by atoms with Gasteiger partial charge in [-0.3, -0.25) is 0 Å². The molecule has 2 rings (SSSR count). The molecule has 1 unspecified atom stereocenters. The summed E-state index contributed by atoms with van der Waals surface area (Å²) < 4.78 is 5.82. The number of methoxy groups -OCH3 is 1. The maximum atomic E-state index is 5.82. The van der Waals surface area contributed by atoms with Crippen LogP contribution in [0.5, 0.6) is 0 Å². The first-order valence-electron chi connectivity index (χ1n) is 8.10. The Bertz CT molecular complexity index is 406. The smallest absolute Gasteiger partial charge is 0.0697 e. The van der Waals surface area contributed by atoms with Crippen molar-refractivity contribution in [3.63, 3.8) is 0 Å². The molecule has 0 amide bonds. The minimum Gasteiger partial charge on any atom is -0.378 e. The molecule has 112 valence electrons. The first-order chi connectivity index (χ1) is 9.73. The molecule has 1 aromatic carbocycles. The molecule has 2 nitrogen and oxygen atoms in total. The summed E-state index contributed by atoms with van der Waals surface area (Å²) in [4.78, 5) is 0. The van der Waals surface area contributed by atoms with Crippen molar-refractivity contribution in [1.82, 2.24) is 5.32 Å². The molecule has 0 aliphatic heterocycles. The molecule has 2 heteroatoms. The van der Waals surface area contributed by atoms with E-state index in [0.29, 0.717) is 6.04 Å². The Hall–Kier alpha value is -0.860. The van der Waals surface area contributed by atoms with Gasteiger partial charge in [0, 0.05) is 13.2 Å². The number of nitrogens with one attached hydrogen (secondary N) is 1. The van der Waals surface area contributed by atoms with E-state index in [2.05, 4.69) is 43.4 Å². The average molecular weight is 275 g/mol. The predicted molar refractivity (Wildman–Crippen MR) is 85.1 cm³/mol. The highest BCUT2D eigenvalue weighted by molar-refractivity contribution is 5.26. The lowest BCUT2D eigenvalue weighted by molar-refractivity contribution is -0.0838. The summed E-state index contributed by atoms with van der Waals surface area (Å²) in [5.41, 5.74) is 2.96. The van der Waals surface area contributed by atoms with Gasteiger partial charge in [0.25, 0.3) is 0 Å². The molecule has 1 fully saturated rings. The number of hydrogen-bond acceptors (Lipinski definition) is 2. The monoisotopic (exact) mass is 275 g/mol. The number of aryl methyl sites for hydroxylation is 1. The zero-order chi connectivity index (χ0) is 14.4. The van der Waals surface area contributed by atoms with E-state index in [9.17, 15) is 0 Å². The Balaban J connectivity index is 2.13. The largest absolute Gasteiger partial charge is 0.378 e. The zero-order valence-corrected chi connectivity index (χ0v) is 13.2. The number of rotatable bonds is 8. The number of ether oxygens (including phenoxy) is 1. The van der Waals surface area contributed by atoms with Crippen molar-refractivity contribution in [2.75, 3.05) is 13.7 Å². The molecular formula is C18H29NO. The van der Waals surface area contributed by atoms with Crippen LogP contribution in [0, 0.1) is 0 Å². The molecule has 1 saturated carbocycles. The molecule has 20 heavy (non-hydrogen) atoms. The molecular weight excluding hydrogens is 246 g/mol. The van der Waals surface area contributed by atoms with Crippen molar-refractivity contribution in [3.8, 4) is 0 Å². The maximum absolute atomic E-state index is 5.82. The first-order valence-corrected chi connectivity index (χ1v) is 8.10. The second-order valence-electron chi connectivity index (χ2n) is 6.05. The van der Waals surface area contributed by atoms with Gasteiger partial charge in [0.1, 0.15) is 0 Å². The van der Waals surface area contributed by atoms with E-state index in [1.54, 1.807) is 0 Å². The predicted octanol–water partition coefficient (Wildman–Crippen LogP) is 4.25. The highest BCUT2D eigenvalue weighted by Gasteiger charge is 2.39. The molecule has 1 aliphatic carbocycles. The van der Waals surface area contributed by atoms with Crippen LogP contribution in [0.25, 0.3) is 0 Å². The molecule has 0 spiro atoms. The van der Waals surface area contributed by atoms with Gasteiger partial charge in [-0.05, 0) is 56.2 Å². The van der Waals surface area contributed by atoms with Gasteiger partial charge in [-0.15, -0.1) is 0 Å². The van der Waals surface area contributed by atoms with Gasteiger partial charge in [0.2, 0.25) is 0 Å². The molecule has 0 aromatic heterocycles. The average Bonchev–Trinajstić information content (AvgIpc) is 2.46. The molecule has 0 saturated heterocycles. The normalized spacial score (nSPS) is 18.6. The summed E-state index contributed by atoms with van der Waals surface area (Å²) in [6, 6.07) is 9.44. The fourth-order valence-corrected chi connectivity index (χ4v) is 3.09. The van der Waals surface area contributed by atoms with Crippen molar-refractivity contribution < 1.29 is 4.74 Å². The van der Waals surface area contributed by atoms with Crippen LogP contribution in [0.2, 0.25) is 0 Å². The Labute approximate surface area is 123 Å². The van der Waals surface area contributed by atoms with E-state index in [0.717, 1.165) is 19.4 Å². The maximum Gasteiger partial charge on any atom is 0.0697 e. The summed E-state index contributed by atoms with van der Waals surface area (Å²) in [7, 11) is 1.87. The second-order valence-corrected chi connectivity index (χ2v) is 6.05. The first kappa shape index (κ1) is 15.5. The highest BCUT2D eigenvalue weighted by atomic mass is 16.5. The Morgan fingerprint density at radius 2 is 2.10 bits per heavy atom. The summed E-state index contributed by atoms with van der Waals surface area (Å²) in [6.45, 7) is 5.51. The zero-order valence-electron chi connectivity index (χ0n) is 13.2. The quantitative estimate of drug-likeness (QED) is 0.766. The molecule has 0 heterocycles. The molecule has 0 bridgehead atoms. The number of hydrogen-bond donors (Lipinski definition) is 1. The van der Waals surface area contributed by atoms with Gasteiger partial charge < -0.3 is 10.1 Å². The summed E-state index contributed by atoms with van der Waals surface area (Å²) in [6.07, 6.45) is 7.09. The van der Waals surface area contributed by atoms with E-state index >= 15 is 0 Å². The van der Waals surface area contributed by atoms with Crippen LogP contribution >= 0.6 is 0 Å². The minimum atomic E-state index is 0.119. The van der Waals surface area contributed by atoms with Gasteiger partial charge in [-0.25, -0.2) is 0 Å². The standard InChI is InChI=1S/C18H29NO/c1-4-12-19-17(14-18(20-3)10-7-11-18)16-9-6-8-15(5-2)13-16/h6,8-9,13,17,19H,4-5,7,10-12,14H2,1-3H3. The lowest BCUT2D eigenvalue weighted by atomic mass is 9.74. The van der Waals surface area contributed by atoms with Gasteiger partial charge >= 0.3 is 0 Å². The third-order valence-electron chi connectivity index (χ3n) is 4.68. The molecule has 1 aliphatic rings. The van der Waals surface area contributed by atoms with Crippen molar-refractivity contribution in [1.29, 1.82) is 0 Å². The van der Waals surface area contributed by atoms with Gasteiger partial charge in [0.15, 0.2) is 0 Å². The third kappa shape index (κ3) is 3.62. The van der Waals surface area contributed by atoms with Gasteiger partial charge in [-0.1, -0.05) is 38.1 Å². The van der Waals surface area contributed by atoms with E-state index < -0.39 is 0 Å². The van der Waals surface area contributed by atoms with Gasteiger partial charge in [-0.2, -0.15) is 0 Å². The lowest BCUT2D eigenvalue weighted by Crippen LogP contribution is -2.43. The topological polar surface area (TPSA) is 21.3 Å². The van der Waals surface area contributed by atoms with Crippen LogP contribution in [0.3, 0.4) is 0 Å². The summed E-state index contributed by atoms with van der Waals surface area (Å²) in [5, 5.41) is 3.72. The molecule has 1 N–H and O–H groups in total. The van der Waals surface area contributed by atoms with E-state index in [1.165, 1.54) is 36.8 Å². The molecule has 1 atom stereocenters. The SMILES string of the molecule is CCCNC(CC1(OC)CCC1)c1cccc(CC)c1. The van der Waals surface area contributed by atoms with E-state index in [-0.39, 0.29) is 5.60 Å². The van der Waals surface area contributed by atoms with Crippen LogP contribution in [-0.2, 0) is 11.2 Å².